The highest BCUT2D eigenvalue weighted by atomic mass is 16.4. The molecule has 0 aromatic carbocycles. The molecule has 5 heteroatoms. The van der Waals surface area contributed by atoms with Crippen LogP contribution in [0.15, 0.2) is 0 Å². The van der Waals surface area contributed by atoms with Crippen molar-refractivity contribution < 1.29 is 14.7 Å². The van der Waals surface area contributed by atoms with Crippen molar-refractivity contribution in [1.82, 2.24) is 4.90 Å². The second kappa shape index (κ2) is 6.00. The molecule has 0 saturated carbocycles. The van der Waals surface area contributed by atoms with Crippen molar-refractivity contribution in [1.29, 1.82) is 0 Å². The molecule has 1 aliphatic heterocycles. The van der Waals surface area contributed by atoms with Gasteiger partial charge in [0.1, 0.15) is 6.04 Å². The summed E-state index contributed by atoms with van der Waals surface area (Å²) in [4.78, 5) is 24.4. The minimum atomic E-state index is -0.802. The van der Waals surface area contributed by atoms with Crippen molar-refractivity contribution in [2.75, 3.05) is 6.54 Å². The van der Waals surface area contributed by atoms with Gasteiger partial charge in [0.2, 0.25) is 5.91 Å². The molecule has 98 valence electrons. The highest BCUT2D eigenvalue weighted by Crippen LogP contribution is 2.25. The SMILES string of the molecule is CCCC(C(=O)O)N1CC(C(N)=O)CCC1C. The Morgan fingerprint density at radius 1 is 1.47 bits per heavy atom. The molecular formula is C12H22N2O3. The first kappa shape index (κ1) is 14.0. The van der Waals surface area contributed by atoms with E-state index in [1.807, 2.05) is 18.7 Å². The number of amides is 1. The van der Waals surface area contributed by atoms with Gasteiger partial charge in [-0.1, -0.05) is 13.3 Å². The monoisotopic (exact) mass is 242 g/mol. The van der Waals surface area contributed by atoms with E-state index in [0.29, 0.717) is 13.0 Å². The van der Waals surface area contributed by atoms with Crippen molar-refractivity contribution >= 4 is 11.9 Å². The fourth-order valence-corrected chi connectivity index (χ4v) is 2.51. The second-order valence-corrected chi connectivity index (χ2v) is 4.87. The summed E-state index contributed by atoms with van der Waals surface area (Å²) in [5.41, 5.74) is 5.31. The zero-order valence-corrected chi connectivity index (χ0v) is 10.6. The number of likely N-dealkylation sites (tertiary alicyclic amines) is 1. The van der Waals surface area contributed by atoms with Crippen molar-refractivity contribution in [3.63, 3.8) is 0 Å². The van der Waals surface area contributed by atoms with Crippen molar-refractivity contribution in [3.8, 4) is 0 Å². The molecule has 1 amide bonds. The molecule has 3 N–H and O–H groups in total. The summed E-state index contributed by atoms with van der Waals surface area (Å²) in [5.74, 6) is -1.32. The van der Waals surface area contributed by atoms with Gasteiger partial charge in [-0.3, -0.25) is 14.5 Å². The molecule has 1 heterocycles. The first-order valence-corrected chi connectivity index (χ1v) is 6.25. The lowest BCUT2D eigenvalue weighted by atomic mass is 9.91. The third kappa shape index (κ3) is 3.43. The van der Waals surface area contributed by atoms with Gasteiger partial charge in [-0.2, -0.15) is 0 Å². The number of nitrogens with two attached hydrogens (primary N) is 1. The number of piperidine rings is 1. The lowest BCUT2D eigenvalue weighted by Gasteiger charge is -2.40. The summed E-state index contributed by atoms with van der Waals surface area (Å²) >= 11 is 0. The van der Waals surface area contributed by atoms with Gasteiger partial charge in [-0.25, -0.2) is 0 Å². The van der Waals surface area contributed by atoms with Crippen molar-refractivity contribution in [3.05, 3.63) is 0 Å². The number of primary amides is 1. The van der Waals surface area contributed by atoms with Crippen LogP contribution < -0.4 is 5.73 Å². The summed E-state index contributed by atoms with van der Waals surface area (Å²) in [5, 5.41) is 9.24. The van der Waals surface area contributed by atoms with E-state index in [4.69, 9.17) is 5.73 Å². The zero-order valence-electron chi connectivity index (χ0n) is 10.6. The van der Waals surface area contributed by atoms with Crippen molar-refractivity contribution in [2.24, 2.45) is 11.7 Å². The number of nitrogens with zero attached hydrogens (tertiary/aromatic N) is 1. The third-order valence-corrected chi connectivity index (χ3v) is 3.58. The van der Waals surface area contributed by atoms with Crippen LogP contribution in [0, 0.1) is 5.92 Å². The predicted molar refractivity (Wildman–Crippen MR) is 64.4 cm³/mol. The largest absolute Gasteiger partial charge is 0.480 e. The Kier molecular flexibility index (Phi) is 4.93. The number of hydrogen-bond acceptors (Lipinski definition) is 3. The summed E-state index contributed by atoms with van der Waals surface area (Å²) in [6.45, 7) is 4.46. The maximum absolute atomic E-state index is 11.3. The summed E-state index contributed by atoms with van der Waals surface area (Å²) in [6.07, 6.45) is 3.04. The summed E-state index contributed by atoms with van der Waals surface area (Å²) in [7, 11) is 0. The third-order valence-electron chi connectivity index (χ3n) is 3.58. The van der Waals surface area contributed by atoms with Gasteiger partial charge in [0.15, 0.2) is 0 Å². The molecule has 3 atom stereocenters. The van der Waals surface area contributed by atoms with Gasteiger partial charge in [0, 0.05) is 12.6 Å². The first-order chi connectivity index (χ1) is 7.97. The number of carbonyl (C=O) groups excluding carboxylic acids is 1. The highest BCUT2D eigenvalue weighted by Gasteiger charge is 2.35. The van der Waals surface area contributed by atoms with Crippen LogP contribution in [0.3, 0.4) is 0 Å². The van der Waals surface area contributed by atoms with Crippen molar-refractivity contribution in [2.45, 2.75) is 51.6 Å². The molecule has 1 aliphatic rings. The van der Waals surface area contributed by atoms with E-state index < -0.39 is 12.0 Å². The Morgan fingerprint density at radius 3 is 2.59 bits per heavy atom. The highest BCUT2D eigenvalue weighted by molar-refractivity contribution is 5.77. The smallest absolute Gasteiger partial charge is 0.320 e. The predicted octanol–water partition coefficient (Wildman–Crippen LogP) is 0.825. The Hall–Kier alpha value is -1.10. The van der Waals surface area contributed by atoms with Crippen LogP contribution in [0.4, 0.5) is 0 Å². The topological polar surface area (TPSA) is 83.6 Å². The van der Waals surface area contributed by atoms with E-state index in [2.05, 4.69) is 0 Å². The minimum Gasteiger partial charge on any atom is -0.480 e. The first-order valence-electron chi connectivity index (χ1n) is 6.25. The Bertz CT molecular complexity index is 293. The summed E-state index contributed by atoms with van der Waals surface area (Å²) in [6, 6.07) is -0.282. The number of carbonyl (C=O) groups is 2. The normalized spacial score (nSPS) is 27.6. The van der Waals surface area contributed by atoms with Gasteiger partial charge in [0.05, 0.1) is 5.92 Å². The van der Waals surface area contributed by atoms with Crippen LogP contribution in [0.1, 0.15) is 39.5 Å². The molecule has 0 aromatic rings. The molecule has 5 nitrogen and oxygen atoms in total. The van der Waals surface area contributed by atoms with Crippen LogP contribution >= 0.6 is 0 Å². The van der Waals surface area contributed by atoms with Crippen LogP contribution in [0.2, 0.25) is 0 Å². The molecule has 0 aromatic heterocycles. The molecule has 0 radical (unpaired) electrons. The Morgan fingerprint density at radius 2 is 2.12 bits per heavy atom. The van der Waals surface area contributed by atoms with Gasteiger partial charge >= 0.3 is 5.97 Å². The Labute approximate surface area is 102 Å². The Balaban J connectivity index is 2.76. The van der Waals surface area contributed by atoms with E-state index in [0.717, 1.165) is 19.3 Å². The van der Waals surface area contributed by atoms with Crippen LogP contribution in [-0.2, 0) is 9.59 Å². The van der Waals surface area contributed by atoms with Crippen LogP contribution in [0.25, 0.3) is 0 Å². The summed E-state index contributed by atoms with van der Waals surface area (Å²) < 4.78 is 0. The van der Waals surface area contributed by atoms with Gasteiger partial charge in [-0.15, -0.1) is 0 Å². The average Bonchev–Trinajstić information content (AvgIpc) is 2.26. The van der Waals surface area contributed by atoms with E-state index in [1.54, 1.807) is 0 Å². The number of hydrogen-bond donors (Lipinski definition) is 2. The molecule has 1 rings (SSSR count). The van der Waals surface area contributed by atoms with E-state index in [9.17, 15) is 14.7 Å². The molecule has 0 aliphatic carbocycles. The van der Waals surface area contributed by atoms with Crippen LogP contribution in [-0.4, -0.2) is 40.5 Å². The van der Waals surface area contributed by atoms with E-state index in [-0.39, 0.29) is 17.9 Å². The maximum Gasteiger partial charge on any atom is 0.320 e. The standard InChI is InChI=1S/C12H22N2O3/c1-3-4-10(12(16)17)14-7-9(11(13)15)6-5-8(14)2/h8-10H,3-7H2,1-2H3,(H2,13,15)(H,16,17). The van der Waals surface area contributed by atoms with Gasteiger partial charge in [0.25, 0.3) is 0 Å². The zero-order chi connectivity index (χ0) is 13.0. The van der Waals surface area contributed by atoms with E-state index >= 15 is 0 Å². The molecule has 0 spiro atoms. The molecule has 1 saturated heterocycles. The molecule has 1 fully saturated rings. The van der Waals surface area contributed by atoms with Crippen LogP contribution in [0.5, 0.6) is 0 Å². The fourth-order valence-electron chi connectivity index (χ4n) is 2.51. The number of rotatable bonds is 5. The lowest BCUT2D eigenvalue weighted by Crippen LogP contribution is -2.53. The molecule has 0 bridgehead atoms. The van der Waals surface area contributed by atoms with E-state index in [1.165, 1.54) is 0 Å². The number of carboxylic acid groups (broad SMARTS) is 1. The second-order valence-electron chi connectivity index (χ2n) is 4.87. The quantitative estimate of drug-likeness (QED) is 0.747. The minimum absolute atomic E-state index is 0.204. The van der Waals surface area contributed by atoms with Gasteiger partial charge in [-0.05, 0) is 26.2 Å². The number of carboxylic acids is 1. The lowest BCUT2D eigenvalue weighted by molar-refractivity contribution is -0.146. The van der Waals surface area contributed by atoms with Gasteiger partial charge < -0.3 is 10.8 Å². The molecule has 3 unspecified atom stereocenters. The molecule has 17 heavy (non-hydrogen) atoms. The fraction of sp³-hybridized carbons (Fsp3) is 0.833. The molecular weight excluding hydrogens is 220 g/mol. The maximum atomic E-state index is 11.3. The number of aliphatic carboxylic acids is 1. The average molecular weight is 242 g/mol.